The fourth-order valence-electron chi connectivity index (χ4n) is 2.10. The van der Waals surface area contributed by atoms with E-state index >= 15 is 0 Å². The van der Waals surface area contributed by atoms with Gasteiger partial charge in [0.15, 0.2) is 0 Å². The highest BCUT2D eigenvalue weighted by molar-refractivity contribution is 6.32. The third-order valence-electron chi connectivity index (χ3n) is 3.25. The number of rotatable bonds is 9. The fraction of sp³-hybridized carbons (Fsp3) is 0.688. The summed E-state index contributed by atoms with van der Waals surface area (Å²) in [6, 6.07) is 0. The molecular formula is C16H29ClN4. The first-order chi connectivity index (χ1) is 9.91. The lowest BCUT2D eigenvalue weighted by Gasteiger charge is -2.12. The minimum Gasteiger partial charge on any atom is -0.316 e. The smallest absolute Gasteiger partial charge is 0.0862 e. The third kappa shape index (κ3) is 6.64. The quantitative estimate of drug-likeness (QED) is 0.711. The van der Waals surface area contributed by atoms with E-state index in [1.807, 2.05) is 4.68 Å². The summed E-state index contributed by atoms with van der Waals surface area (Å²) in [7, 11) is 4.13. The second-order valence-corrected chi connectivity index (χ2v) is 6.55. The SMILES string of the molecule is C/C(=C/CCNCC(C)C)c1c(Cl)cnn1CCN(C)C. The van der Waals surface area contributed by atoms with Crippen molar-refractivity contribution in [2.45, 2.75) is 33.7 Å². The Morgan fingerprint density at radius 2 is 2.19 bits per heavy atom. The number of hydrogen-bond donors (Lipinski definition) is 1. The number of aromatic nitrogens is 2. The van der Waals surface area contributed by atoms with Crippen LogP contribution in [0.5, 0.6) is 0 Å². The fourth-order valence-corrected chi connectivity index (χ4v) is 2.39. The maximum atomic E-state index is 6.28. The van der Waals surface area contributed by atoms with Crippen LogP contribution in [0, 0.1) is 5.92 Å². The first-order valence-corrected chi connectivity index (χ1v) is 8.03. The van der Waals surface area contributed by atoms with Crippen LogP contribution >= 0.6 is 11.6 Å². The molecule has 0 aliphatic carbocycles. The average molecular weight is 313 g/mol. The van der Waals surface area contributed by atoms with Crippen molar-refractivity contribution in [3.8, 4) is 0 Å². The summed E-state index contributed by atoms with van der Waals surface area (Å²) in [5.74, 6) is 0.692. The van der Waals surface area contributed by atoms with E-state index < -0.39 is 0 Å². The Bertz CT molecular complexity index is 449. The van der Waals surface area contributed by atoms with Crippen LogP contribution in [-0.2, 0) is 6.54 Å². The number of halogens is 1. The van der Waals surface area contributed by atoms with Crippen LogP contribution in [0.15, 0.2) is 12.3 Å². The number of hydrogen-bond acceptors (Lipinski definition) is 3. The standard InChI is InChI=1S/C16H29ClN4/c1-13(2)11-18-8-6-7-14(3)16-15(17)12-19-21(16)10-9-20(4)5/h7,12-13,18H,6,8-11H2,1-5H3/b14-7-. The molecule has 0 fully saturated rings. The second kappa shape index (κ2) is 9.23. The number of nitrogens with zero attached hydrogens (tertiary/aromatic N) is 3. The van der Waals surface area contributed by atoms with Crippen molar-refractivity contribution in [1.82, 2.24) is 20.0 Å². The zero-order chi connectivity index (χ0) is 15.8. The first-order valence-electron chi connectivity index (χ1n) is 7.65. The van der Waals surface area contributed by atoms with E-state index in [2.05, 4.69) is 56.3 Å². The van der Waals surface area contributed by atoms with Crippen molar-refractivity contribution in [2.24, 2.45) is 5.92 Å². The van der Waals surface area contributed by atoms with Gasteiger partial charge in [-0.2, -0.15) is 5.10 Å². The predicted octanol–water partition coefficient (Wildman–Crippen LogP) is 3.14. The highest BCUT2D eigenvalue weighted by atomic mass is 35.5. The van der Waals surface area contributed by atoms with Crippen LogP contribution in [-0.4, -0.2) is 48.4 Å². The summed E-state index contributed by atoms with van der Waals surface area (Å²) in [6.45, 7) is 10.4. The molecule has 0 amide bonds. The maximum Gasteiger partial charge on any atom is 0.0862 e. The van der Waals surface area contributed by atoms with Crippen molar-refractivity contribution in [1.29, 1.82) is 0 Å². The minimum absolute atomic E-state index is 0.692. The lowest BCUT2D eigenvalue weighted by atomic mass is 10.1. The summed E-state index contributed by atoms with van der Waals surface area (Å²) in [5.41, 5.74) is 2.24. The van der Waals surface area contributed by atoms with Gasteiger partial charge in [-0.1, -0.05) is 31.5 Å². The summed E-state index contributed by atoms with van der Waals surface area (Å²) >= 11 is 6.28. The molecule has 120 valence electrons. The molecule has 0 aliphatic heterocycles. The molecule has 5 heteroatoms. The molecule has 0 aliphatic rings. The molecule has 1 rings (SSSR count). The van der Waals surface area contributed by atoms with Crippen molar-refractivity contribution < 1.29 is 0 Å². The molecule has 0 unspecified atom stereocenters. The van der Waals surface area contributed by atoms with Gasteiger partial charge in [-0.05, 0) is 52.0 Å². The van der Waals surface area contributed by atoms with Crippen LogP contribution in [0.25, 0.3) is 5.57 Å². The molecule has 0 radical (unpaired) electrons. The molecule has 0 saturated heterocycles. The minimum atomic E-state index is 0.692. The van der Waals surface area contributed by atoms with Crippen molar-refractivity contribution in [3.05, 3.63) is 23.0 Å². The Hall–Kier alpha value is -0.840. The van der Waals surface area contributed by atoms with Gasteiger partial charge in [0, 0.05) is 6.54 Å². The highest BCUT2D eigenvalue weighted by Crippen LogP contribution is 2.23. The maximum absolute atomic E-state index is 6.28. The van der Waals surface area contributed by atoms with E-state index in [1.165, 1.54) is 5.57 Å². The zero-order valence-electron chi connectivity index (χ0n) is 14.0. The molecule has 1 N–H and O–H groups in total. The van der Waals surface area contributed by atoms with Gasteiger partial charge in [-0.3, -0.25) is 4.68 Å². The predicted molar refractivity (Wildman–Crippen MR) is 91.8 cm³/mol. The summed E-state index contributed by atoms with van der Waals surface area (Å²) in [4.78, 5) is 2.15. The highest BCUT2D eigenvalue weighted by Gasteiger charge is 2.10. The molecule has 1 heterocycles. The van der Waals surface area contributed by atoms with Gasteiger partial charge in [0.05, 0.1) is 23.5 Å². The molecule has 21 heavy (non-hydrogen) atoms. The van der Waals surface area contributed by atoms with Gasteiger partial charge in [0.1, 0.15) is 0 Å². The molecule has 0 aromatic carbocycles. The van der Waals surface area contributed by atoms with Crippen molar-refractivity contribution in [3.63, 3.8) is 0 Å². The number of likely N-dealkylation sites (N-methyl/N-ethyl adjacent to an activating group) is 1. The summed E-state index contributed by atoms with van der Waals surface area (Å²) in [6.07, 6.45) is 4.98. The lowest BCUT2D eigenvalue weighted by molar-refractivity contribution is 0.372. The van der Waals surface area contributed by atoms with Gasteiger partial charge in [0.2, 0.25) is 0 Å². The summed E-state index contributed by atoms with van der Waals surface area (Å²) < 4.78 is 2.00. The first kappa shape index (κ1) is 18.2. The van der Waals surface area contributed by atoms with E-state index in [0.717, 1.165) is 43.3 Å². The molecule has 4 nitrogen and oxygen atoms in total. The van der Waals surface area contributed by atoms with Gasteiger partial charge in [-0.15, -0.1) is 0 Å². The normalized spacial score (nSPS) is 12.7. The van der Waals surface area contributed by atoms with Crippen LogP contribution in [0.1, 0.15) is 32.9 Å². The molecule has 1 aromatic rings. The van der Waals surface area contributed by atoms with Crippen LogP contribution in [0.2, 0.25) is 5.02 Å². The molecule has 1 aromatic heterocycles. The van der Waals surface area contributed by atoms with Gasteiger partial charge < -0.3 is 10.2 Å². The van der Waals surface area contributed by atoms with E-state index in [-0.39, 0.29) is 0 Å². The Morgan fingerprint density at radius 1 is 1.48 bits per heavy atom. The number of nitrogens with one attached hydrogen (secondary N) is 1. The van der Waals surface area contributed by atoms with Crippen LogP contribution in [0.3, 0.4) is 0 Å². The van der Waals surface area contributed by atoms with Crippen molar-refractivity contribution >= 4 is 17.2 Å². The van der Waals surface area contributed by atoms with E-state index in [4.69, 9.17) is 11.6 Å². The van der Waals surface area contributed by atoms with Gasteiger partial charge in [0.25, 0.3) is 0 Å². The zero-order valence-corrected chi connectivity index (χ0v) is 14.7. The Balaban J connectivity index is 2.59. The second-order valence-electron chi connectivity index (χ2n) is 6.14. The lowest BCUT2D eigenvalue weighted by Crippen LogP contribution is -2.20. The molecule has 0 bridgehead atoms. The Kier molecular flexibility index (Phi) is 8.01. The Morgan fingerprint density at radius 3 is 2.81 bits per heavy atom. The van der Waals surface area contributed by atoms with E-state index in [9.17, 15) is 0 Å². The van der Waals surface area contributed by atoms with Crippen molar-refractivity contribution in [2.75, 3.05) is 33.7 Å². The topological polar surface area (TPSA) is 33.1 Å². The third-order valence-corrected chi connectivity index (χ3v) is 3.53. The molecule has 0 saturated carbocycles. The van der Waals surface area contributed by atoms with Crippen LogP contribution in [0.4, 0.5) is 0 Å². The number of allylic oxidation sites excluding steroid dienone is 1. The monoisotopic (exact) mass is 312 g/mol. The van der Waals surface area contributed by atoms with E-state index in [0.29, 0.717) is 5.92 Å². The van der Waals surface area contributed by atoms with Gasteiger partial charge >= 0.3 is 0 Å². The molecule has 0 spiro atoms. The van der Waals surface area contributed by atoms with E-state index in [1.54, 1.807) is 6.20 Å². The summed E-state index contributed by atoms with van der Waals surface area (Å²) in [5, 5.41) is 8.56. The molecule has 0 atom stereocenters. The van der Waals surface area contributed by atoms with Crippen LogP contribution < -0.4 is 5.32 Å². The average Bonchev–Trinajstić information content (AvgIpc) is 2.76. The molecular weight excluding hydrogens is 284 g/mol. The Labute approximate surface area is 134 Å². The largest absolute Gasteiger partial charge is 0.316 e. The van der Waals surface area contributed by atoms with Gasteiger partial charge in [-0.25, -0.2) is 0 Å².